The summed E-state index contributed by atoms with van der Waals surface area (Å²) in [5, 5.41) is 10.1. The van der Waals surface area contributed by atoms with Gasteiger partial charge < -0.3 is 10.1 Å². The summed E-state index contributed by atoms with van der Waals surface area (Å²) in [6.07, 6.45) is 0. The smallest absolute Gasteiger partial charge is 0.271 e. The third kappa shape index (κ3) is 4.17. The zero-order chi connectivity index (χ0) is 14.4. The Morgan fingerprint density at radius 2 is 1.95 bits per heavy atom. The van der Waals surface area contributed by atoms with E-state index in [9.17, 15) is 9.18 Å². The van der Waals surface area contributed by atoms with Crippen LogP contribution in [0.5, 0.6) is 5.75 Å². The van der Waals surface area contributed by atoms with Crippen molar-refractivity contribution in [3.05, 3.63) is 53.1 Å². The number of hydrogen-bond acceptors (Lipinski definition) is 4. The molecular formula is C13H11ClFN3O2. The van der Waals surface area contributed by atoms with Gasteiger partial charge in [0, 0.05) is 0 Å². The number of carbonyl (C=O) groups excluding carboxylic acids is 1. The Bertz CT molecular complexity index is 575. The number of ether oxygens (including phenoxy) is 1. The monoisotopic (exact) mass is 295 g/mol. The minimum absolute atomic E-state index is 0.177. The van der Waals surface area contributed by atoms with Crippen molar-refractivity contribution in [3.63, 3.8) is 0 Å². The molecule has 1 amide bonds. The molecular weight excluding hydrogens is 285 g/mol. The van der Waals surface area contributed by atoms with Gasteiger partial charge in [0.2, 0.25) is 0 Å². The lowest BCUT2D eigenvalue weighted by Gasteiger charge is -2.07. The molecule has 2 aromatic rings. The van der Waals surface area contributed by atoms with Gasteiger partial charge >= 0.3 is 0 Å². The molecule has 5 nitrogen and oxygen atoms in total. The fourth-order valence-corrected chi connectivity index (χ4v) is 1.49. The number of amides is 1. The second kappa shape index (κ2) is 6.81. The van der Waals surface area contributed by atoms with E-state index < -0.39 is 0 Å². The molecule has 0 saturated carbocycles. The molecule has 1 heterocycles. The lowest BCUT2D eigenvalue weighted by molar-refractivity contribution is 0.0941. The Kier molecular flexibility index (Phi) is 4.84. The lowest BCUT2D eigenvalue weighted by atomic mass is 10.3. The molecule has 7 heteroatoms. The summed E-state index contributed by atoms with van der Waals surface area (Å²) in [6.45, 7) is 0.554. The summed E-state index contributed by atoms with van der Waals surface area (Å²) in [4.78, 5) is 11.7. The molecule has 0 radical (unpaired) electrons. The zero-order valence-corrected chi connectivity index (χ0v) is 11.1. The van der Waals surface area contributed by atoms with Crippen LogP contribution in [0.15, 0.2) is 36.4 Å². The van der Waals surface area contributed by atoms with Gasteiger partial charge in [0.1, 0.15) is 18.2 Å². The molecule has 1 aromatic heterocycles. The Morgan fingerprint density at radius 1 is 1.20 bits per heavy atom. The van der Waals surface area contributed by atoms with E-state index in [1.807, 2.05) is 0 Å². The Morgan fingerprint density at radius 3 is 2.60 bits per heavy atom. The summed E-state index contributed by atoms with van der Waals surface area (Å²) < 4.78 is 18.0. The molecule has 0 aliphatic rings. The molecule has 1 N–H and O–H groups in total. The first kappa shape index (κ1) is 14.2. The summed E-state index contributed by atoms with van der Waals surface area (Å²) >= 11 is 5.57. The molecule has 20 heavy (non-hydrogen) atoms. The van der Waals surface area contributed by atoms with Crippen LogP contribution in [-0.4, -0.2) is 29.3 Å². The summed E-state index contributed by atoms with van der Waals surface area (Å²) in [5.41, 5.74) is 0.177. The number of nitrogens with zero attached hydrogens (tertiary/aromatic N) is 2. The number of rotatable bonds is 5. The van der Waals surface area contributed by atoms with E-state index in [0.29, 0.717) is 12.3 Å². The van der Waals surface area contributed by atoms with Gasteiger partial charge in [-0.1, -0.05) is 11.6 Å². The van der Waals surface area contributed by atoms with Crippen LogP contribution in [0, 0.1) is 5.82 Å². The van der Waals surface area contributed by atoms with Gasteiger partial charge in [-0.25, -0.2) is 4.39 Å². The average molecular weight is 296 g/mol. The topological polar surface area (TPSA) is 64.1 Å². The van der Waals surface area contributed by atoms with Crippen LogP contribution in [0.2, 0.25) is 5.15 Å². The van der Waals surface area contributed by atoms with Gasteiger partial charge in [-0.3, -0.25) is 4.79 Å². The lowest BCUT2D eigenvalue weighted by Crippen LogP contribution is -2.28. The Labute approximate surface area is 119 Å². The van der Waals surface area contributed by atoms with Crippen molar-refractivity contribution >= 4 is 17.5 Å². The SMILES string of the molecule is O=C(NCCOc1ccc(F)cc1)c1ccc(Cl)nn1. The van der Waals surface area contributed by atoms with E-state index >= 15 is 0 Å². The van der Waals surface area contributed by atoms with E-state index in [2.05, 4.69) is 15.5 Å². The van der Waals surface area contributed by atoms with Crippen molar-refractivity contribution in [2.24, 2.45) is 0 Å². The van der Waals surface area contributed by atoms with Gasteiger partial charge in [-0.05, 0) is 36.4 Å². The molecule has 0 aliphatic carbocycles. The van der Waals surface area contributed by atoms with Gasteiger partial charge in [0.25, 0.3) is 5.91 Å². The first-order valence-corrected chi connectivity index (χ1v) is 6.19. The maximum absolute atomic E-state index is 12.7. The second-order valence-corrected chi connectivity index (χ2v) is 4.19. The highest BCUT2D eigenvalue weighted by atomic mass is 35.5. The fraction of sp³-hybridized carbons (Fsp3) is 0.154. The first-order chi connectivity index (χ1) is 9.65. The van der Waals surface area contributed by atoms with Crippen LogP contribution in [0.3, 0.4) is 0 Å². The van der Waals surface area contributed by atoms with Gasteiger partial charge in [0.05, 0.1) is 6.54 Å². The standard InChI is InChI=1S/C13H11ClFN3O2/c14-12-6-5-11(17-18-12)13(19)16-7-8-20-10-3-1-9(15)2-4-10/h1-6H,7-8H2,(H,16,19). The van der Waals surface area contributed by atoms with Crippen molar-refractivity contribution in [3.8, 4) is 5.75 Å². The minimum Gasteiger partial charge on any atom is -0.492 e. The third-order valence-corrected chi connectivity index (χ3v) is 2.54. The maximum atomic E-state index is 12.7. The number of carbonyl (C=O) groups is 1. The minimum atomic E-state index is -0.364. The van der Waals surface area contributed by atoms with Crippen molar-refractivity contribution in [2.75, 3.05) is 13.2 Å². The summed E-state index contributed by atoms with van der Waals surface area (Å²) in [7, 11) is 0. The second-order valence-electron chi connectivity index (χ2n) is 3.80. The largest absolute Gasteiger partial charge is 0.492 e. The number of aromatic nitrogens is 2. The number of halogens is 2. The van der Waals surface area contributed by atoms with Crippen LogP contribution in [0.25, 0.3) is 0 Å². The van der Waals surface area contributed by atoms with E-state index in [0.717, 1.165) is 0 Å². The van der Waals surface area contributed by atoms with Gasteiger partial charge in [0.15, 0.2) is 10.8 Å². The van der Waals surface area contributed by atoms with Crippen molar-refractivity contribution in [1.29, 1.82) is 0 Å². The maximum Gasteiger partial charge on any atom is 0.271 e. The summed E-state index contributed by atoms with van der Waals surface area (Å²) in [5.74, 6) is -0.157. The number of nitrogens with one attached hydrogen (secondary N) is 1. The molecule has 2 rings (SSSR count). The van der Waals surface area contributed by atoms with Crippen molar-refractivity contribution in [2.45, 2.75) is 0 Å². The molecule has 0 spiro atoms. The molecule has 1 aromatic carbocycles. The molecule has 0 unspecified atom stereocenters. The molecule has 0 bridgehead atoms. The first-order valence-electron chi connectivity index (χ1n) is 5.81. The molecule has 0 fully saturated rings. The predicted molar refractivity (Wildman–Crippen MR) is 71.3 cm³/mol. The number of hydrogen-bond donors (Lipinski definition) is 1. The third-order valence-electron chi connectivity index (χ3n) is 2.33. The zero-order valence-electron chi connectivity index (χ0n) is 10.3. The van der Waals surface area contributed by atoms with Crippen LogP contribution >= 0.6 is 11.6 Å². The molecule has 104 valence electrons. The fourth-order valence-electron chi connectivity index (χ4n) is 1.39. The molecule has 0 aliphatic heterocycles. The van der Waals surface area contributed by atoms with Crippen molar-refractivity contribution in [1.82, 2.24) is 15.5 Å². The normalized spacial score (nSPS) is 10.1. The van der Waals surface area contributed by atoms with E-state index in [4.69, 9.17) is 16.3 Å². The average Bonchev–Trinajstić information content (AvgIpc) is 2.46. The highest BCUT2D eigenvalue weighted by Gasteiger charge is 2.06. The Hall–Kier alpha value is -2.21. The van der Waals surface area contributed by atoms with Gasteiger partial charge in [-0.2, -0.15) is 0 Å². The molecule has 0 saturated heterocycles. The van der Waals surface area contributed by atoms with Gasteiger partial charge in [-0.15, -0.1) is 10.2 Å². The van der Waals surface area contributed by atoms with Crippen LogP contribution in [0.4, 0.5) is 4.39 Å². The van der Waals surface area contributed by atoms with E-state index in [-0.39, 0.29) is 29.2 Å². The highest BCUT2D eigenvalue weighted by molar-refractivity contribution is 6.29. The number of benzene rings is 1. The Balaban J connectivity index is 1.74. The quantitative estimate of drug-likeness (QED) is 0.858. The summed E-state index contributed by atoms with van der Waals surface area (Å²) in [6, 6.07) is 8.60. The van der Waals surface area contributed by atoms with Crippen LogP contribution < -0.4 is 10.1 Å². The van der Waals surface area contributed by atoms with Crippen molar-refractivity contribution < 1.29 is 13.9 Å². The van der Waals surface area contributed by atoms with Crippen LogP contribution in [0.1, 0.15) is 10.5 Å². The molecule has 0 atom stereocenters. The van der Waals surface area contributed by atoms with Crippen LogP contribution in [-0.2, 0) is 0 Å². The van der Waals surface area contributed by atoms with E-state index in [1.165, 1.54) is 36.4 Å². The van der Waals surface area contributed by atoms with E-state index in [1.54, 1.807) is 0 Å². The predicted octanol–water partition coefficient (Wildman–Crippen LogP) is 2.08. The highest BCUT2D eigenvalue weighted by Crippen LogP contribution is 2.10.